The highest BCUT2D eigenvalue weighted by molar-refractivity contribution is 7.89. The van der Waals surface area contributed by atoms with Crippen LogP contribution in [0.1, 0.15) is 57.8 Å². The largest absolute Gasteiger partial charge is 0.214 e. The Kier molecular flexibility index (Phi) is 5.97. The second kappa shape index (κ2) is 7.28. The maximum atomic E-state index is 12.6. The van der Waals surface area contributed by atoms with Gasteiger partial charge in [-0.15, -0.1) is 11.6 Å². The van der Waals surface area contributed by atoms with Gasteiger partial charge in [-0.3, -0.25) is 0 Å². The van der Waals surface area contributed by atoms with Gasteiger partial charge < -0.3 is 0 Å². The van der Waals surface area contributed by atoms with Gasteiger partial charge in [-0.2, -0.15) is 4.31 Å². The molecule has 2 aliphatic rings. The molecule has 0 bridgehead atoms. The molecule has 19 heavy (non-hydrogen) atoms. The van der Waals surface area contributed by atoms with E-state index in [9.17, 15) is 8.42 Å². The van der Waals surface area contributed by atoms with Crippen LogP contribution in [-0.2, 0) is 10.0 Å². The lowest BCUT2D eigenvalue weighted by Gasteiger charge is -2.28. The van der Waals surface area contributed by atoms with Crippen LogP contribution in [0, 0.1) is 5.92 Å². The van der Waals surface area contributed by atoms with Gasteiger partial charge in [0.2, 0.25) is 10.0 Å². The molecule has 1 unspecified atom stereocenters. The number of sulfonamides is 1. The zero-order valence-electron chi connectivity index (χ0n) is 11.7. The van der Waals surface area contributed by atoms with E-state index in [0.29, 0.717) is 17.6 Å². The fourth-order valence-corrected chi connectivity index (χ4v) is 5.87. The van der Waals surface area contributed by atoms with E-state index < -0.39 is 10.0 Å². The van der Waals surface area contributed by atoms with Crippen molar-refractivity contribution in [2.24, 2.45) is 5.92 Å². The molecule has 1 saturated carbocycles. The summed E-state index contributed by atoms with van der Waals surface area (Å²) in [6.45, 7) is 0.724. The minimum absolute atomic E-state index is 0.215. The average molecular weight is 308 g/mol. The van der Waals surface area contributed by atoms with Gasteiger partial charge in [0.1, 0.15) is 0 Å². The van der Waals surface area contributed by atoms with E-state index in [1.165, 1.54) is 19.3 Å². The van der Waals surface area contributed by atoms with Gasteiger partial charge in [-0.1, -0.05) is 19.3 Å². The van der Waals surface area contributed by atoms with E-state index in [0.717, 1.165) is 45.1 Å². The monoisotopic (exact) mass is 307 g/mol. The lowest BCUT2D eigenvalue weighted by molar-refractivity contribution is 0.347. The summed E-state index contributed by atoms with van der Waals surface area (Å²) in [5, 5.41) is 0. The Morgan fingerprint density at radius 2 is 1.79 bits per heavy atom. The van der Waals surface area contributed by atoms with Crippen LogP contribution < -0.4 is 0 Å². The van der Waals surface area contributed by atoms with Crippen molar-refractivity contribution in [1.82, 2.24) is 4.31 Å². The molecule has 5 heteroatoms. The molecule has 1 aliphatic carbocycles. The SMILES string of the molecule is O=S(=O)(CC1CCCCC1)N1CCCC1CCCCl. The van der Waals surface area contributed by atoms with E-state index in [-0.39, 0.29) is 6.04 Å². The molecule has 0 N–H and O–H groups in total. The first kappa shape index (κ1) is 15.6. The Morgan fingerprint density at radius 1 is 1.05 bits per heavy atom. The van der Waals surface area contributed by atoms with Crippen molar-refractivity contribution < 1.29 is 8.42 Å². The second-order valence-electron chi connectivity index (χ2n) is 6.02. The zero-order chi connectivity index (χ0) is 13.7. The Balaban J connectivity index is 1.93. The minimum atomic E-state index is -3.05. The number of hydrogen-bond acceptors (Lipinski definition) is 2. The smallest absolute Gasteiger partial charge is 0.212 e. The van der Waals surface area contributed by atoms with Crippen molar-refractivity contribution in [3.63, 3.8) is 0 Å². The van der Waals surface area contributed by atoms with E-state index in [1.807, 2.05) is 0 Å². The van der Waals surface area contributed by atoms with E-state index in [4.69, 9.17) is 11.6 Å². The first-order chi connectivity index (χ1) is 9.13. The quantitative estimate of drug-likeness (QED) is 0.705. The predicted octanol–water partition coefficient (Wildman–Crippen LogP) is 3.38. The maximum absolute atomic E-state index is 12.6. The highest BCUT2D eigenvalue weighted by Crippen LogP contribution is 2.30. The van der Waals surface area contributed by atoms with Crippen LogP contribution in [-0.4, -0.2) is 36.9 Å². The van der Waals surface area contributed by atoms with Crippen molar-refractivity contribution >= 4 is 21.6 Å². The van der Waals surface area contributed by atoms with Gasteiger partial charge in [0, 0.05) is 18.5 Å². The summed E-state index contributed by atoms with van der Waals surface area (Å²) in [5.41, 5.74) is 0. The third kappa shape index (κ3) is 4.33. The summed E-state index contributed by atoms with van der Waals surface area (Å²) in [5.74, 6) is 1.41. The van der Waals surface area contributed by atoms with Crippen molar-refractivity contribution in [2.45, 2.75) is 63.8 Å². The Morgan fingerprint density at radius 3 is 2.47 bits per heavy atom. The Hall–Kier alpha value is 0.200. The average Bonchev–Trinajstić information content (AvgIpc) is 2.86. The van der Waals surface area contributed by atoms with Gasteiger partial charge in [-0.05, 0) is 44.4 Å². The maximum Gasteiger partial charge on any atom is 0.214 e. The lowest BCUT2D eigenvalue weighted by atomic mass is 9.91. The molecule has 2 rings (SSSR count). The molecule has 0 aromatic carbocycles. The molecule has 1 heterocycles. The summed E-state index contributed by atoms with van der Waals surface area (Å²) in [6.07, 6.45) is 9.75. The van der Waals surface area contributed by atoms with Crippen molar-refractivity contribution in [3.8, 4) is 0 Å². The third-order valence-electron chi connectivity index (χ3n) is 4.52. The molecule has 112 valence electrons. The molecule has 2 fully saturated rings. The predicted molar refractivity (Wildman–Crippen MR) is 80.0 cm³/mol. The number of alkyl halides is 1. The Bertz CT molecular complexity index is 366. The lowest BCUT2D eigenvalue weighted by Crippen LogP contribution is -2.39. The van der Waals surface area contributed by atoms with Gasteiger partial charge in [0.05, 0.1) is 5.75 Å². The van der Waals surface area contributed by atoms with E-state index in [1.54, 1.807) is 4.31 Å². The topological polar surface area (TPSA) is 37.4 Å². The van der Waals surface area contributed by atoms with Crippen LogP contribution in [0.25, 0.3) is 0 Å². The second-order valence-corrected chi connectivity index (χ2v) is 8.36. The number of halogens is 1. The highest BCUT2D eigenvalue weighted by atomic mass is 35.5. The summed E-state index contributed by atoms with van der Waals surface area (Å²) in [7, 11) is -3.05. The molecule has 0 radical (unpaired) electrons. The minimum Gasteiger partial charge on any atom is -0.212 e. The summed E-state index contributed by atoms with van der Waals surface area (Å²) in [4.78, 5) is 0. The highest BCUT2D eigenvalue weighted by Gasteiger charge is 2.35. The number of hydrogen-bond donors (Lipinski definition) is 0. The number of nitrogens with zero attached hydrogens (tertiary/aromatic N) is 1. The first-order valence-electron chi connectivity index (χ1n) is 7.69. The van der Waals surface area contributed by atoms with Gasteiger partial charge in [0.25, 0.3) is 0 Å². The molecule has 1 aliphatic heterocycles. The summed E-state index contributed by atoms with van der Waals surface area (Å²) >= 11 is 5.73. The fourth-order valence-electron chi connectivity index (χ4n) is 3.52. The first-order valence-corrected chi connectivity index (χ1v) is 9.83. The van der Waals surface area contributed by atoms with Crippen molar-refractivity contribution in [3.05, 3.63) is 0 Å². The molecule has 0 spiro atoms. The molecular weight excluding hydrogens is 282 g/mol. The van der Waals surface area contributed by atoms with Crippen LogP contribution in [0.4, 0.5) is 0 Å². The molecule has 1 saturated heterocycles. The Labute approximate surface area is 122 Å². The van der Waals surface area contributed by atoms with Gasteiger partial charge >= 0.3 is 0 Å². The van der Waals surface area contributed by atoms with Crippen LogP contribution in [0.2, 0.25) is 0 Å². The molecule has 0 amide bonds. The number of rotatable bonds is 6. The van der Waals surface area contributed by atoms with E-state index in [2.05, 4.69) is 0 Å². The fraction of sp³-hybridized carbons (Fsp3) is 1.00. The normalized spacial score (nSPS) is 26.9. The molecule has 0 aromatic heterocycles. The molecular formula is C14H26ClNO2S. The van der Waals surface area contributed by atoms with Gasteiger partial charge in [0.15, 0.2) is 0 Å². The van der Waals surface area contributed by atoms with Gasteiger partial charge in [-0.25, -0.2) is 8.42 Å². The van der Waals surface area contributed by atoms with Crippen molar-refractivity contribution in [1.29, 1.82) is 0 Å². The molecule has 1 atom stereocenters. The van der Waals surface area contributed by atoms with Crippen LogP contribution in [0.3, 0.4) is 0 Å². The molecule has 3 nitrogen and oxygen atoms in total. The van der Waals surface area contributed by atoms with Crippen molar-refractivity contribution in [2.75, 3.05) is 18.2 Å². The molecule has 0 aromatic rings. The summed E-state index contributed by atoms with van der Waals surface area (Å²) in [6, 6.07) is 0.215. The van der Waals surface area contributed by atoms with Crippen LogP contribution >= 0.6 is 11.6 Å². The van der Waals surface area contributed by atoms with E-state index >= 15 is 0 Å². The standard InChI is InChI=1S/C14H26ClNO2S/c15-10-4-8-14-9-5-11-16(14)19(17,18)12-13-6-2-1-3-7-13/h13-14H,1-12H2. The summed E-state index contributed by atoms with van der Waals surface area (Å²) < 4.78 is 26.9. The third-order valence-corrected chi connectivity index (χ3v) is 6.88. The van der Waals surface area contributed by atoms with Crippen LogP contribution in [0.15, 0.2) is 0 Å². The zero-order valence-corrected chi connectivity index (χ0v) is 13.3. The van der Waals surface area contributed by atoms with Crippen LogP contribution in [0.5, 0.6) is 0 Å².